The highest BCUT2D eigenvalue weighted by atomic mass is 32.2. The van der Waals surface area contributed by atoms with Crippen LogP contribution in [0, 0.1) is 6.92 Å². The molecule has 0 aliphatic rings. The number of rotatable bonds is 5. The molecular formula is C12H17NO4S. The maximum atomic E-state index is 11.6. The van der Waals surface area contributed by atoms with Gasteiger partial charge in [-0.2, -0.15) is 0 Å². The van der Waals surface area contributed by atoms with Crippen molar-refractivity contribution in [2.24, 2.45) is 0 Å². The summed E-state index contributed by atoms with van der Waals surface area (Å²) in [4.78, 5) is 11.6. The van der Waals surface area contributed by atoms with E-state index in [1.54, 1.807) is 12.1 Å². The molecule has 0 saturated heterocycles. The summed E-state index contributed by atoms with van der Waals surface area (Å²) >= 11 is 0. The molecule has 1 N–H and O–H groups in total. The van der Waals surface area contributed by atoms with Gasteiger partial charge < -0.3 is 10.1 Å². The average molecular weight is 271 g/mol. The number of methoxy groups -OCH3 is 1. The Bertz CT molecular complexity index is 537. The first kappa shape index (κ1) is 14.5. The molecule has 0 spiro atoms. The molecule has 1 rings (SSSR count). The van der Waals surface area contributed by atoms with E-state index < -0.39 is 9.84 Å². The number of anilines is 1. The van der Waals surface area contributed by atoms with Crippen LogP contribution in [-0.2, 0) is 14.6 Å². The second-order valence-corrected chi connectivity index (χ2v) is 6.39. The molecule has 0 atom stereocenters. The summed E-state index contributed by atoms with van der Waals surface area (Å²) in [6.45, 7) is 1.89. The molecule has 1 aromatic carbocycles. The maximum Gasteiger partial charge on any atom is 0.225 e. The third-order valence-corrected chi connectivity index (χ3v) is 3.27. The minimum Gasteiger partial charge on any atom is -0.495 e. The molecule has 0 fully saturated rings. The van der Waals surface area contributed by atoms with Crippen molar-refractivity contribution < 1.29 is 17.9 Å². The lowest BCUT2D eigenvalue weighted by Crippen LogP contribution is -2.17. The zero-order valence-electron chi connectivity index (χ0n) is 10.7. The summed E-state index contributed by atoms with van der Waals surface area (Å²) in [5.41, 5.74) is 1.53. The number of amides is 1. The lowest BCUT2D eigenvalue weighted by Gasteiger charge is -2.10. The minimum atomic E-state index is -3.13. The number of sulfone groups is 1. The first-order chi connectivity index (χ1) is 8.31. The monoisotopic (exact) mass is 271 g/mol. The summed E-state index contributed by atoms with van der Waals surface area (Å²) in [5, 5.41) is 2.65. The van der Waals surface area contributed by atoms with Crippen LogP contribution in [0.3, 0.4) is 0 Å². The number of ether oxygens (including phenoxy) is 1. The first-order valence-corrected chi connectivity index (χ1v) is 7.50. The van der Waals surface area contributed by atoms with E-state index in [1.165, 1.54) is 7.11 Å². The zero-order chi connectivity index (χ0) is 13.8. The topological polar surface area (TPSA) is 72.5 Å². The van der Waals surface area contributed by atoms with Gasteiger partial charge >= 0.3 is 0 Å². The number of hydrogen-bond donors (Lipinski definition) is 1. The van der Waals surface area contributed by atoms with E-state index in [0.29, 0.717) is 11.4 Å². The molecule has 0 aliphatic carbocycles. The van der Waals surface area contributed by atoms with Crippen molar-refractivity contribution in [1.82, 2.24) is 0 Å². The predicted octanol–water partition coefficient (Wildman–Crippen LogP) is 1.38. The fourth-order valence-corrected chi connectivity index (χ4v) is 1.97. The summed E-state index contributed by atoms with van der Waals surface area (Å²) < 4.78 is 27.0. The van der Waals surface area contributed by atoms with E-state index in [-0.39, 0.29) is 18.1 Å². The summed E-state index contributed by atoms with van der Waals surface area (Å²) in [6.07, 6.45) is 1.05. The lowest BCUT2D eigenvalue weighted by atomic mass is 10.2. The van der Waals surface area contributed by atoms with E-state index >= 15 is 0 Å². The van der Waals surface area contributed by atoms with Crippen LogP contribution in [0.25, 0.3) is 0 Å². The van der Waals surface area contributed by atoms with Crippen molar-refractivity contribution in [2.75, 3.05) is 24.4 Å². The minimum absolute atomic E-state index is 0.0596. The SMILES string of the molecule is COc1ccc(C)cc1NC(=O)CCS(C)(=O)=O. The van der Waals surface area contributed by atoms with Gasteiger partial charge in [-0.25, -0.2) is 8.42 Å². The summed E-state index contributed by atoms with van der Waals surface area (Å²) in [7, 11) is -1.62. The highest BCUT2D eigenvalue weighted by Crippen LogP contribution is 2.25. The maximum absolute atomic E-state index is 11.6. The Hall–Kier alpha value is -1.56. The number of nitrogens with one attached hydrogen (secondary N) is 1. The van der Waals surface area contributed by atoms with E-state index in [4.69, 9.17) is 4.74 Å². The Morgan fingerprint density at radius 1 is 1.39 bits per heavy atom. The zero-order valence-corrected chi connectivity index (χ0v) is 11.5. The van der Waals surface area contributed by atoms with Gasteiger partial charge in [-0.15, -0.1) is 0 Å². The Kier molecular flexibility index (Phi) is 4.72. The van der Waals surface area contributed by atoms with Crippen LogP contribution in [0.4, 0.5) is 5.69 Å². The molecule has 0 heterocycles. The van der Waals surface area contributed by atoms with E-state index in [9.17, 15) is 13.2 Å². The van der Waals surface area contributed by atoms with Gasteiger partial charge in [0.2, 0.25) is 5.91 Å². The Balaban J connectivity index is 2.72. The van der Waals surface area contributed by atoms with Crippen LogP contribution < -0.4 is 10.1 Å². The van der Waals surface area contributed by atoms with Crippen molar-refractivity contribution in [3.05, 3.63) is 23.8 Å². The van der Waals surface area contributed by atoms with Crippen LogP contribution in [0.5, 0.6) is 5.75 Å². The van der Waals surface area contributed by atoms with Gasteiger partial charge in [0, 0.05) is 12.7 Å². The fraction of sp³-hybridized carbons (Fsp3) is 0.417. The molecule has 0 saturated carbocycles. The van der Waals surface area contributed by atoms with E-state index in [1.807, 2.05) is 13.0 Å². The largest absolute Gasteiger partial charge is 0.495 e. The third-order valence-electron chi connectivity index (χ3n) is 2.33. The van der Waals surface area contributed by atoms with Gasteiger partial charge in [-0.1, -0.05) is 6.07 Å². The molecule has 100 valence electrons. The molecule has 0 unspecified atom stereocenters. The second-order valence-electron chi connectivity index (χ2n) is 4.13. The standard InChI is InChI=1S/C12H17NO4S/c1-9-4-5-11(17-2)10(8-9)13-12(14)6-7-18(3,15)16/h4-5,8H,6-7H2,1-3H3,(H,13,14). The van der Waals surface area contributed by atoms with Crippen molar-refractivity contribution in [3.63, 3.8) is 0 Å². The average Bonchev–Trinajstić information content (AvgIpc) is 2.26. The van der Waals surface area contributed by atoms with Gasteiger partial charge in [0.25, 0.3) is 0 Å². The van der Waals surface area contributed by atoms with Gasteiger partial charge in [0.05, 0.1) is 18.6 Å². The fourth-order valence-electron chi connectivity index (χ4n) is 1.41. The molecular weight excluding hydrogens is 254 g/mol. The Labute approximate surface area is 107 Å². The molecule has 18 heavy (non-hydrogen) atoms. The normalized spacial score (nSPS) is 11.1. The smallest absolute Gasteiger partial charge is 0.225 e. The number of carbonyl (C=O) groups is 1. The molecule has 0 radical (unpaired) electrons. The van der Waals surface area contributed by atoms with Gasteiger partial charge in [-0.05, 0) is 24.6 Å². The van der Waals surface area contributed by atoms with Crippen molar-refractivity contribution >= 4 is 21.4 Å². The molecule has 0 aliphatic heterocycles. The third kappa shape index (κ3) is 4.75. The van der Waals surface area contributed by atoms with Crippen LogP contribution in [-0.4, -0.2) is 33.4 Å². The molecule has 1 amide bonds. The van der Waals surface area contributed by atoms with Gasteiger partial charge in [0.15, 0.2) is 0 Å². The highest BCUT2D eigenvalue weighted by molar-refractivity contribution is 7.90. The summed E-state index contributed by atoms with van der Waals surface area (Å²) in [5.74, 6) is 0.0464. The second kappa shape index (κ2) is 5.86. The molecule has 5 nitrogen and oxygen atoms in total. The van der Waals surface area contributed by atoms with Crippen LogP contribution in [0.2, 0.25) is 0 Å². The van der Waals surface area contributed by atoms with Crippen molar-refractivity contribution in [2.45, 2.75) is 13.3 Å². The van der Waals surface area contributed by atoms with Crippen LogP contribution >= 0.6 is 0 Å². The Morgan fingerprint density at radius 3 is 2.61 bits per heavy atom. The Morgan fingerprint density at radius 2 is 2.06 bits per heavy atom. The lowest BCUT2D eigenvalue weighted by molar-refractivity contribution is -0.115. The van der Waals surface area contributed by atoms with Gasteiger partial charge in [-0.3, -0.25) is 4.79 Å². The van der Waals surface area contributed by atoms with Crippen LogP contribution in [0.15, 0.2) is 18.2 Å². The molecule has 1 aromatic rings. The van der Waals surface area contributed by atoms with Gasteiger partial charge in [0.1, 0.15) is 15.6 Å². The van der Waals surface area contributed by atoms with Crippen molar-refractivity contribution in [3.8, 4) is 5.75 Å². The number of aryl methyl sites for hydroxylation is 1. The first-order valence-electron chi connectivity index (χ1n) is 5.44. The predicted molar refractivity (Wildman–Crippen MR) is 70.7 cm³/mol. The number of benzene rings is 1. The van der Waals surface area contributed by atoms with Crippen LogP contribution in [0.1, 0.15) is 12.0 Å². The highest BCUT2D eigenvalue weighted by Gasteiger charge is 2.10. The van der Waals surface area contributed by atoms with E-state index in [0.717, 1.165) is 11.8 Å². The molecule has 0 aromatic heterocycles. The van der Waals surface area contributed by atoms with E-state index in [2.05, 4.69) is 5.32 Å². The quantitative estimate of drug-likeness (QED) is 0.878. The molecule has 6 heteroatoms. The molecule has 0 bridgehead atoms. The van der Waals surface area contributed by atoms with Crippen molar-refractivity contribution in [1.29, 1.82) is 0 Å². The number of hydrogen-bond acceptors (Lipinski definition) is 4. The summed E-state index contributed by atoms with van der Waals surface area (Å²) in [6, 6.07) is 5.39. The number of carbonyl (C=O) groups excluding carboxylic acids is 1.